The summed E-state index contributed by atoms with van der Waals surface area (Å²) in [7, 11) is 0. The monoisotopic (exact) mass is 345 g/mol. The van der Waals surface area contributed by atoms with Gasteiger partial charge in [0.15, 0.2) is 0 Å². The second kappa shape index (κ2) is 9.20. The Morgan fingerprint density at radius 3 is 2.67 bits per heavy atom. The molecule has 2 N–H and O–H groups in total. The highest BCUT2D eigenvalue weighted by Crippen LogP contribution is 2.13. The first-order chi connectivity index (χ1) is 11.6. The molecular weight excluding hydrogens is 322 g/mol. The van der Waals surface area contributed by atoms with E-state index in [-0.39, 0.29) is 11.8 Å². The van der Waals surface area contributed by atoms with Crippen molar-refractivity contribution in [3.8, 4) is 0 Å². The van der Waals surface area contributed by atoms with Gasteiger partial charge in [-0.2, -0.15) is 0 Å². The largest absolute Gasteiger partial charge is 0.352 e. The Morgan fingerprint density at radius 1 is 1.17 bits per heavy atom. The van der Waals surface area contributed by atoms with E-state index in [4.69, 9.17) is 0 Å². The third-order valence-electron chi connectivity index (χ3n) is 3.52. The van der Waals surface area contributed by atoms with Crippen LogP contribution in [0.15, 0.2) is 41.8 Å². The molecule has 0 aliphatic carbocycles. The molecule has 1 aromatic heterocycles. The maximum absolute atomic E-state index is 12.3. The molecule has 0 fully saturated rings. The number of nitrogens with one attached hydrogen (secondary N) is 2. The van der Waals surface area contributed by atoms with Crippen molar-refractivity contribution in [1.82, 2.24) is 10.2 Å². The molecule has 2 rings (SSSR count). The van der Waals surface area contributed by atoms with Gasteiger partial charge in [0.05, 0.1) is 6.54 Å². The van der Waals surface area contributed by atoms with Gasteiger partial charge in [-0.3, -0.25) is 14.5 Å². The zero-order valence-corrected chi connectivity index (χ0v) is 14.9. The van der Waals surface area contributed by atoms with Gasteiger partial charge in [0, 0.05) is 29.2 Å². The highest BCUT2D eigenvalue weighted by Gasteiger charge is 2.11. The quantitative estimate of drug-likeness (QED) is 0.773. The van der Waals surface area contributed by atoms with E-state index in [1.165, 1.54) is 4.88 Å². The van der Waals surface area contributed by atoms with Crippen LogP contribution in [0.3, 0.4) is 0 Å². The Balaban J connectivity index is 1.93. The highest BCUT2D eigenvalue weighted by atomic mass is 32.1. The summed E-state index contributed by atoms with van der Waals surface area (Å²) in [5, 5.41) is 7.65. The average Bonchev–Trinajstić information content (AvgIpc) is 3.07. The van der Waals surface area contributed by atoms with Crippen LogP contribution in [0, 0.1) is 0 Å². The summed E-state index contributed by atoms with van der Waals surface area (Å²) in [6, 6.07) is 11.1. The second-order valence-corrected chi connectivity index (χ2v) is 6.40. The molecule has 2 amide bonds. The molecule has 1 heterocycles. The predicted molar refractivity (Wildman–Crippen MR) is 98.3 cm³/mol. The smallest absolute Gasteiger partial charge is 0.251 e. The molecule has 0 spiro atoms. The van der Waals surface area contributed by atoms with E-state index in [2.05, 4.69) is 21.6 Å². The van der Waals surface area contributed by atoms with Crippen molar-refractivity contribution in [2.75, 3.05) is 25.0 Å². The molecule has 6 heteroatoms. The van der Waals surface area contributed by atoms with Crippen molar-refractivity contribution in [3.05, 3.63) is 52.2 Å². The van der Waals surface area contributed by atoms with Crippen LogP contribution in [0.25, 0.3) is 0 Å². The first kappa shape index (κ1) is 18.2. The number of thiophene rings is 1. The second-order valence-electron chi connectivity index (χ2n) is 5.37. The molecule has 0 atom stereocenters. The lowest BCUT2D eigenvalue weighted by Gasteiger charge is -2.19. The first-order valence-electron chi connectivity index (χ1n) is 8.05. The number of anilines is 1. The number of likely N-dealkylation sites (N-methyl/N-ethyl adjacent to an activating group) is 1. The number of amides is 2. The molecule has 0 aliphatic rings. The van der Waals surface area contributed by atoms with E-state index >= 15 is 0 Å². The van der Waals surface area contributed by atoms with E-state index in [9.17, 15) is 9.59 Å². The molecule has 0 saturated heterocycles. The Hall–Kier alpha value is -2.18. The summed E-state index contributed by atoms with van der Waals surface area (Å²) in [6.45, 7) is 6.36. The van der Waals surface area contributed by atoms with Crippen LogP contribution in [0.4, 0.5) is 5.69 Å². The van der Waals surface area contributed by atoms with Gasteiger partial charge in [-0.15, -0.1) is 11.3 Å². The van der Waals surface area contributed by atoms with Gasteiger partial charge in [0.1, 0.15) is 0 Å². The van der Waals surface area contributed by atoms with Crippen LogP contribution in [-0.2, 0) is 11.3 Å². The number of hydrogen-bond acceptors (Lipinski definition) is 4. The number of nitrogens with zero attached hydrogens (tertiary/aromatic N) is 1. The van der Waals surface area contributed by atoms with Gasteiger partial charge in [0.2, 0.25) is 5.91 Å². The number of hydrogen-bond donors (Lipinski definition) is 2. The van der Waals surface area contributed by atoms with Crippen LogP contribution in [0.2, 0.25) is 0 Å². The first-order valence-corrected chi connectivity index (χ1v) is 8.93. The van der Waals surface area contributed by atoms with E-state index in [0.717, 1.165) is 13.1 Å². The van der Waals surface area contributed by atoms with E-state index in [0.29, 0.717) is 24.3 Å². The summed E-state index contributed by atoms with van der Waals surface area (Å²) in [5.74, 6) is -0.220. The molecular formula is C18H23N3O2S. The zero-order valence-electron chi connectivity index (χ0n) is 14.0. The minimum atomic E-state index is -0.138. The molecule has 0 bridgehead atoms. The van der Waals surface area contributed by atoms with Crippen LogP contribution < -0.4 is 10.6 Å². The summed E-state index contributed by atoms with van der Waals surface area (Å²) in [4.78, 5) is 27.4. The lowest BCUT2D eigenvalue weighted by Crippen LogP contribution is -2.32. The maximum atomic E-state index is 12.3. The van der Waals surface area contributed by atoms with Crippen LogP contribution >= 0.6 is 11.3 Å². The fraction of sp³-hybridized carbons (Fsp3) is 0.333. The molecule has 0 aliphatic heterocycles. The van der Waals surface area contributed by atoms with Crippen molar-refractivity contribution in [2.45, 2.75) is 20.4 Å². The Labute approximate surface area is 146 Å². The fourth-order valence-electron chi connectivity index (χ4n) is 2.31. The number of rotatable bonds is 8. The lowest BCUT2D eigenvalue weighted by atomic mass is 10.2. The maximum Gasteiger partial charge on any atom is 0.251 e. The van der Waals surface area contributed by atoms with Gasteiger partial charge >= 0.3 is 0 Å². The Morgan fingerprint density at radius 2 is 2.00 bits per heavy atom. The molecule has 24 heavy (non-hydrogen) atoms. The average molecular weight is 345 g/mol. The number of benzene rings is 1. The molecule has 2 aromatic rings. The lowest BCUT2D eigenvalue weighted by molar-refractivity contribution is -0.117. The third kappa shape index (κ3) is 5.47. The van der Waals surface area contributed by atoms with Crippen molar-refractivity contribution < 1.29 is 9.59 Å². The van der Waals surface area contributed by atoms with Gasteiger partial charge < -0.3 is 10.6 Å². The number of carbonyl (C=O) groups excluding carboxylic acids is 2. The van der Waals surface area contributed by atoms with Crippen LogP contribution in [0.5, 0.6) is 0 Å². The summed E-state index contributed by atoms with van der Waals surface area (Å²) < 4.78 is 0. The predicted octanol–water partition coefficient (Wildman–Crippen LogP) is 2.96. The van der Waals surface area contributed by atoms with Crippen LogP contribution in [0.1, 0.15) is 29.1 Å². The van der Waals surface area contributed by atoms with E-state index in [1.807, 2.05) is 25.3 Å². The van der Waals surface area contributed by atoms with Gasteiger partial charge in [-0.1, -0.05) is 19.1 Å². The molecule has 5 nitrogen and oxygen atoms in total. The summed E-state index contributed by atoms with van der Waals surface area (Å²) in [6.07, 6.45) is 0. The molecule has 1 aromatic carbocycles. The topological polar surface area (TPSA) is 61.4 Å². The zero-order chi connectivity index (χ0) is 17.4. The van der Waals surface area contributed by atoms with Crippen molar-refractivity contribution in [1.29, 1.82) is 0 Å². The summed E-state index contributed by atoms with van der Waals surface area (Å²) >= 11 is 1.69. The van der Waals surface area contributed by atoms with E-state index < -0.39 is 0 Å². The standard InChI is InChI=1S/C18H23N3O2S/c1-3-19-18(23)14-7-5-8-15(11-14)20-17(22)13-21(4-2)12-16-9-6-10-24-16/h5-11H,3-4,12-13H2,1-2H3,(H,19,23)(H,20,22). The normalized spacial score (nSPS) is 10.6. The van der Waals surface area contributed by atoms with E-state index in [1.54, 1.807) is 35.6 Å². The Bertz CT molecular complexity index is 671. The van der Waals surface area contributed by atoms with Gasteiger partial charge in [0.25, 0.3) is 5.91 Å². The van der Waals surface area contributed by atoms with Gasteiger partial charge in [-0.25, -0.2) is 0 Å². The highest BCUT2D eigenvalue weighted by molar-refractivity contribution is 7.09. The van der Waals surface area contributed by atoms with Crippen molar-refractivity contribution >= 4 is 28.8 Å². The SMILES string of the molecule is CCNC(=O)c1cccc(NC(=O)CN(CC)Cc2cccs2)c1. The number of carbonyl (C=O) groups is 2. The molecule has 0 radical (unpaired) electrons. The Kier molecular flexibility index (Phi) is 6.96. The fourth-order valence-corrected chi connectivity index (χ4v) is 3.05. The minimum Gasteiger partial charge on any atom is -0.352 e. The molecule has 0 saturated carbocycles. The van der Waals surface area contributed by atoms with Crippen molar-refractivity contribution in [2.24, 2.45) is 0 Å². The molecule has 0 unspecified atom stereocenters. The third-order valence-corrected chi connectivity index (χ3v) is 4.38. The van der Waals surface area contributed by atoms with Crippen molar-refractivity contribution in [3.63, 3.8) is 0 Å². The van der Waals surface area contributed by atoms with Crippen LogP contribution in [-0.4, -0.2) is 36.3 Å². The molecule has 128 valence electrons. The van der Waals surface area contributed by atoms with Gasteiger partial charge in [-0.05, 0) is 43.1 Å². The summed E-state index contributed by atoms with van der Waals surface area (Å²) in [5.41, 5.74) is 1.18. The minimum absolute atomic E-state index is 0.0820.